The second kappa shape index (κ2) is 8.41. The van der Waals surface area contributed by atoms with Crippen LogP contribution in [-0.4, -0.2) is 40.8 Å². The lowest BCUT2D eigenvalue weighted by molar-refractivity contribution is 0.0882. The molecule has 0 unspecified atom stereocenters. The minimum atomic E-state index is 0.308. The average Bonchev–Trinajstić information content (AvgIpc) is 3.09. The second-order valence-corrected chi connectivity index (χ2v) is 6.75. The Labute approximate surface area is 143 Å². The molecule has 0 spiro atoms. The highest BCUT2D eigenvalue weighted by molar-refractivity contribution is 7.80. The number of hydrogen-bond acceptors (Lipinski definition) is 3. The first-order chi connectivity index (χ1) is 11.3. The molecular weight excluding hydrogens is 306 g/mol. The molecule has 0 aromatic carbocycles. The molecule has 2 heterocycles. The minimum absolute atomic E-state index is 0.308. The Morgan fingerprint density at radius 1 is 1.35 bits per heavy atom. The molecule has 2 atom stereocenters. The van der Waals surface area contributed by atoms with Gasteiger partial charge in [-0.2, -0.15) is 0 Å². The summed E-state index contributed by atoms with van der Waals surface area (Å²) in [6, 6.07) is 3.91. The van der Waals surface area contributed by atoms with Crippen LogP contribution in [0.25, 0.3) is 0 Å². The van der Waals surface area contributed by atoms with Gasteiger partial charge in [0.05, 0.1) is 18.0 Å². The summed E-state index contributed by atoms with van der Waals surface area (Å²) in [5.74, 6) is 0.676. The molecule has 1 saturated heterocycles. The Balaban J connectivity index is 1.62. The molecule has 124 valence electrons. The molecule has 5 heteroatoms. The molecule has 1 aliphatic heterocycles. The lowest BCUT2D eigenvalue weighted by Gasteiger charge is -2.32. The third-order valence-electron chi connectivity index (χ3n) is 4.50. The highest BCUT2D eigenvalue weighted by atomic mass is 32.1. The van der Waals surface area contributed by atoms with Crippen molar-refractivity contribution in [1.82, 2.24) is 9.88 Å². The predicted octanol–water partition coefficient (Wildman–Crippen LogP) is 3.62. The van der Waals surface area contributed by atoms with Crippen molar-refractivity contribution in [1.29, 1.82) is 0 Å². The Morgan fingerprint density at radius 3 is 3.00 bits per heavy atom. The van der Waals surface area contributed by atoms with E-state index in [1.54, 1.807) is 12.4 Å². The maximum absolute atomic E-state index is 5.82. The highest BCUT2D eigenvalue weighted by Crippen LogP contribution is 2.21. The van der Waals surface area contributed by atoms with E-state index in [1.165, 1.54) is 12.8 Å². The van der Waals surface area contributed by atoms with Gasteiger partial charge >= 0.3 is 0 Å². The van der Waals surface area contributed by atoms with E-state index in [0.717, 1.165) is 49.8 Å². The molecule has 1 aromatic heterocycles. The Kier molecular flexibility index (Phi) is 6.00. The van der Waals surface area contributed by atoms with Crippen LogP contribution in [0.15, 0.2) is 36.7 Å². The summed E-state index contributed by atoms with van der Waals surface area (Å²) < 4.78 is 5.82. The van der Waals surface area contributed by atoms with E-state index in [9.17, 15) is 0 Å². The number of rotatable bonds is 5. The summed E-state index contributed by atoms with van der Waals surface area (Å²) in [4.78, 5) is 6.44. The van der Waals surface area contributed by atoms with E-state index in [4.69, 9.17) is 17.0 Å². The molecule has 1 aliphatic carbocycles. The minimum Gasteiger partial charge on any atom is -0.376 e. The predicted molar refractivity (Wildman–Crippen MR) is 97.5 cm³/mol. The van der Waals surface area contributed by atoms with Gasteiger partial charge in [0.15, 0.2) is 5.11 Å². The van der Waals surface area contributed by atoms with Crippen LogP contribution in [0, 0.1) is 5.92 Å². The zero-order chi connectivity index (χ0) is 15.9. The van der Waals surface area contributed by atoms with Gasteiger partial charge in [-0.25, -0.2) is 0 Å². The SMILES string of the molecule is S=C(Nc1cccnc1)N(C[C@H]1CC=CCC1)C[C@@H]1CCCO1. The third-order valence-corrected chi connectivity index (χ3v) is 4.86. The number of aromatic nitrogens is 1. The van der Waals surface area contributed by atoms with Crippen LogP contribution in [0.1, 0.15) is 32.1 Å². The Morgan fingerprint density at radius 2 is 2.30 bits per heavy atom. The fourth-order valence-electron chi connectivity index (χ4n) is 3.25. The summed E-state index contributed by atoms with van der Waals surface area (Å²) in [7, 11) is 0. The molecule has 1 aromatic rings. The van der Waals surface area contributed by atoms with Crippen LogP contribution in [0.5, 0.6) is 0 Å². The molecule has 0 radical (unpaired) electrons. The molecule has 1 fully saturated rings. The quantitative estimate of drug-likeness (QED) is 0.659. The Hall–Kier alpha value is -1.46. The Bertz CT molecular complexity index is 528. The van der Waals surface area contributed by atoms with Gasteiger partial charge in [-0.3, -0.25) is 4.98 Å². The number of allylic oxidation sites excluding steroid dienone is 2. The van der Waals surface area contributed by atoms with E-state index >= 15 is 0 Å². The topological polar surface area (TPSA) is 37.4 Å². The van der Waals surface area contributed by atoms with Crippen molar-refractivity contribution >= 4 is 23.0 Å². The van der Waals surface area contributed by atoms with Gasteiger partial charge in [-0.15, -0.1) is 0 Å². The molecule has 1 N–H and O–H groups in total. The maximum atomic E-state index is 5.82. The first-order valence-electron chi connectivity index (χ1n) is 8.54. The van der Waals surface area contributed by atoms with E-state index in [2.05, 4.69) is 27.4 Å². The summed E-state index contributed by atoms with van der Waals surface area (Å²) >= 11 is 5.67. The zero-order valence-corrected chi connectivity index (χ0v) is 14.3. The molecule has 2 aliphatic rings. The van der Waals surface area contributed by atoms with Crippen molar-refractivity contribution in [2.45, 2.75) is 38.2 Å². The van der Waals surface area contributed by atoms with Gasteiger partial charge in [0.2, 0.25) is 0 Å². The highest BCUT2D eigenvalue weighted by Gasteiger charge is 2.23. The van der Waals surface area contributed by atoms with Gasteiger partial charge < -0.3 is 15.0 Å². The standard InChI is InChI=1S/C18H25N3OS/c23-18(20-16-8-4-10-19-12-16)21(14-17-9-5-11-22-17)13-15-6-2-1-3-7-15/h1-2,4,8,10,12,15,17H,3,5-7,9,11,13-14H2,(H,20,23)/t15-,17-/m0/s1. The van der Waals surface area contributed by atoms with Gasteiger partial charge in [0, 0.05) is 25.9 Å². The lowest BCUT2D eigenvalue weighted by Crippen LogP contribution is -2.42. The number of thiocarbonyl (C=S) groups is 1. The van der Waals surface area contributed by atoms with Crippen LogP contribution in [-0.2, 0) is 4.74 Å². The molecule has 4 nitrogen and oxygen atoms in total. The van der Waals surface area contributed by atoms with E-state index in [0.29, 0.717) is 12.0 Å². The van der Waals surface area contributed by atoms with Crippen LogP contribution >= 0.6 is 12.2 Å². The summed E-state index contributed by atoms with van der Waals surface area (Å²) in [5.41, 5.74) is 0.943. The normalized spacial score (nSPS) is 23.7. The fourth-order valence-corrected chi connectivity index (χ4v) is 3.51. The van der Waals surface area contributed by atoms with Crippen molar-refractivity contribution in [3.8, 4) is 0 Å². The number of nitrogens with one attached hydrogen (secondary N) is 1. The summed E-state index contributed by atoms with van der Waals surface area (Å²) in [6.45, 7) is 2.76. The molecule has 23 heavy (non-hydrogen) atoms. The van der Waals surface area contributed by atoms with Gasteiger partial charge in [-0.1, -0.05) is 12.2 Å². The first kappa shape index (κ1) is 16.4. The second-order valence-electron chi connectivity index (χ2n) is 6.36. The van der Waals surface area contributed by atoms with Crippen LogP contribution in [0.3, 0.4) is 0 Å². The molecular formula is C18H25N3OS. The summed E-state index contributed by atoms with van der Waals surface area (Å²) in [5, 5.41) is 4.11. The largest absolute Gasteiger partial charge is 0.376 e. The van der Waals surface area contributed by atoms with Crippen molar-refractivity contribution in [2.75, 3.05) is 25.0 Å². The van der Waals surface area contributed by atoms with E-state index < -0.39 is 0 Å². The van der Waals surface area contributed by atoms with Crippen molar-refractivity contribution in [3.63, 3.8) is 0 Å². The number of pyridine rings is 1. The molecule has 0 saturated carbocycles. The van der Waals surface area contributed by atoms with Gasteiger partial charge in [-0.05, 0) is 62.4 Å². The van der Waals surface area contributed by atoms with Crippen LogP contribution in [0.4, 0.5) is 5.69 Å². The van der Waals surface area contributed by atoms with Crippen molar-refractivity contribution in [2.24, 2.45) is 5.92 Å². The van der Waals surface area contributed by atoms with Crippen molar-refractivity contribution in [3.05, 3.63) is 36.7 Å². The summed E-state index contributed by atoms with van der Waals surface area (Å²) in [6.07, 6.45) is 14.3. The van der Waals surface area contributed by atoms with Crippen LogP contribution < -0.4 is 5.32 Å². The molecule has 0 amide bonds. The number of anilines is 1. The fraction of sp³-hybridized carbons (Fsp3) is 0.556. The van der Waals surface area contributed by atoms with Crippen LogP contribution in [0.2, 0.25) is 0 Å². The van der Waals surface area contributed by atoms with Gasteiger partial charge in [0.1, 0.15) is 0 Å². The number of ether oxygens (including phenoxy) is 1. The third kappa shape index (κ3) is 5.01. The zero-order valence-electron chi connectivity index (χ0n) is 13.5. The maximum Gasteiger partial charge on any atom is 0.173 e. The smallest absolute Gasteiger partial charge is 0.173 e. The molecule has 0 bridgehead atoms. The number of nitrogens with zero attached hydrogens (tertiary/aromatic N) is 2. The monoisotopic (exact) mass is 331 g/mol. The lowest BCUT2D eigenvalue weighted by atomic mass is 9.94. The number of hydrogen-bond donors (Lipinski definition) is 1. The first-order valence-corrected chi connectivity index (χ1v) is 8.94. The van der Waals surface area contributed by atoms with E-state index in [-0.39, 0.29) is 0 Å². The van der Waals surface area contributed by atoms with E-state index in [1.807, 2.05) is 12.1 Å². The average molecular weight is 331 g/mol. The van der Waals surface area contributed by atoms with Gasteiger partial charge in [0.25, 0.3) is 0 Å². The van der Waals surface area contributed by atoms with Crippen molar-refractivity contribution < 1.29 is 4.74 Å². The molecule has 3 rings (SSSR count).